The maximum Gasteiger partial charge on any atom is 0.226 e. The van der Waals surface area contributed by atoms with E-state index in [1.807, 2.05) is 30.3 Å². The molecule has 6 nitrogen and oxygen atoms in total. The molecule has 0 radical (unpaired) electrons. The van der Waals surface area contributed by atoms with Crippen molar-refractivity contribution in [1.29, 1.82) is 0 Å². The van der Waals surface area contributed by atoms with Crippen molar-refractivity contribution in [2.24, 2.45) is 5.92 Å². The first-order valence-corrected chi connectivity index (χ1v) is 9.55. The second kappa shape index (κ2) is 7.05. The molecule has 0 spiro atoms. The summed E-state index contributed by atoms with van der Waals surface area (Å²) in [6, 6.07) is 10.2. The Morgan fingerprint density at radius 3 is 2.70 bits per heavy atom. The van der Waals surface area contributed by atoms with Crippen LogP contribution in [-0.2, 0) is 4.79 Å². The molecule has 2 aliphatic rings. The van der Waals surface area contributed by atoms with Gasteiger partial charge < -0.3 is 10.1 Å². The number of benzene rings is 2. The third kappa shape index (κ3) is 2.96. The molecule has 1 N–H and O–H groups in total. The van der Waals surface area contributed by atoms with E-state index >= 15 is 0 Å². The largest absolute Gasteiger partial charge is 0.496 e. The minimum atomic E-state index is -0.703. The zero-order chi connectivity index (χ0) is 20.8. The first kappa shape index (κ1) is 18.5. The molecule has 2 aromatic carbocycles. The molecule has 2 heterocycles. The van der Waals surface area contributed by atoms with Crippen molar-refractivity contribution < 1.29 is 18.3 Å². The van der Waals surface area contributed by atoms with Gasteiger partial charge in [0, 0.05) is 29.7 Å². The Kier molecular flexibility index (Phi) is 4.34. The highest BCUT2D eigenvalue weighted by Crippen LogP contribution is 2.45. The number of ketones is 1. The van der Waals surface area contributed by atoms with Crippen LogP contribution in [0.3, 0.4) is 0 Å². The molecule has 8 heteroatoms. The molecule has 3 aromatic rings. The van der Waals surface area contributed by atoms with Gasteiger partial charge >= 0.3 is 0 Å². The van der Waals surface area contributed by atoms with Gasteiger partial charge in [0.2, 0.25) is 5.95 Å². The Morgan fingerprint density at radius 1 is 1.17 bits per heavy atom. The van der Waals surface area contributed by atoms with E-state index in [4.69, 9.17) is 4.74 Å². The minimum absolute atomic E-state index is 0.0493. The summed E-state index contributed by atoms with van der Waals surface area (Å²) in [4.78, 5) is 17.5. The molecule has 152 valence electrons. The number of allylic oxidation sites excluding steroid dienone is 2. The molecule has 1 aliphatic heterocycles. The van der Waals surface area contributed by atoms with Crippen molar-refractivity contribution in [3.05, 3.63) is 83.3 Å². The molecule has 0 saturated carbocycles. The number of nitrogens with zero attached hydrogens (tertiary/aromatic N) is 3. The molecular formula is C22H18F2N4O2. The number of carbonyl (C=O) groups excluding carboxylic acids is 1. The number of anilines is 1. The first-order valence-electron chi connectivity index (χ1n) is 9.55. The van der Waals surface area contributed by atoms with Gasteiger partial charge in [0.1, 0.15) is 29.5 Å². The maximum atomic E-state index is 14.0. The lowest BCUT2D eigenvalue weighted by molar-refractivity contribution is -0.123. The Morgan fingerprint density at radius 2 is 1.93 bits per heavy atom. The number of nitrogens with one attached hydrogen (secondary N) is 1. The topological polar surface area (TPSA) is 69.0 Å². The van der Waals surface area contributed by atoms with Crippen LogP contribution in [-0.4, -0.2) is 27.7 Å². The summed E-state index contributed by atoms with van der Waals surface area (Å²) in [5.41, 5.74) is 1.89. The molecule has 0 unspecified atom stereocenters. The van der Waals surface area contributed by atoms with E-state index in [2.05, 4.69) is 15.4 Å². The standard InChI is InChI=1S/C22H18F2N4O2/c1-30-19-5-3-2-4-16(19)12-8-17-20(18(29)9-12)21(28-22(27-17)25-11-26-28)13-6-14(23)10-15(24)7-13/h2-8,10-12,20-21H,9H2,1H3,(H,25,26,27)/t12-,20-,21-/m1/s1. The lowest BCUT2D eigenvalue weighted by atomic mass is 9.75. The average Bonchev–Trinajstić information content (AvgIpc) is 3.19. The summed E-state index contributed by atoms with van der Waals surface area (Å²) in [5.74, 6) is -1.17. The molecule has 3 atom stereocenters. The number of carbonyl (C=O) groups is 1. The van der Waals surface area contributed by atoms with Gasteiger partial charge in [-0.2, -0.15) is 10.1 Å². The van der Waals surface area contributed by atoms with Gasteiger partial charge in [0.05, 0.1) is 19.1 Å². The van der Waals surface area contributed by atoms with Crippen LogP contribution in [0, 0.1) is 17.6 Å². The summed E-state index contributed by atoms with van der Waals surface area (Å²) < 4.78 is 34.9. The van der Waals surface area contributed by atoms with Crippen LogP contribution in [0.2, 0.25) is 0 Å². The van der Waals surface area contributed by atoms with Crippen LogP contribution in [0.15, 0.2) is 60.6 Å². The number of rotatable bonds is 3. The van der Waals surface area contributed by atoms with Crippen molar-refractivity contribution >= 4 is 11.7 Å². The van der Waals surface area contributed by atoms with Crippen LogP contribution < -0.4 is 10.1 Å². The van der Waals surface area contributed by atoms with Gasteiger partial charge in [0.15, 0.2) is 0 Å². The van der Waals surface area contributed by atoms with Crippen LogP contribution in [0.4, 0.5) is 14.7 Å². The van der Waals surface area contributed by atoms with E-state index in [1.54, 1.807) is 7.11 Å². The number of ether oxygens (including phenoxy) is 1. The molecule has 1 aliphatic carbocycles. The SMILES string of the molecule is COc1ccccc1[C@@H]1C=C2Nc3ncnn3[C@H](c3cc(F)cc(F)c3)[C@H]2C(=O)C1. The fraction of sp³-hybridized carbons (Fsp3) is 0.227. The first-order chi connectivity index (χ1) is 14.5. The van der Waals surface area contributed by atoms with E-state index < -0.39 is 23.6 Å². The highest BCUT2D eigenvalue weighted by Gasteiger charge is 2.43. The molecule has 0 saturated heterocycles. The number of fused-ring (bicyclic) bond motifs is 2. The van der Waals surface area contributed by atoms with Gasteiger partial charge in [-0.1, -0.05) is 24.3 Å². The van der Waals surface area contributed by atoms with E-state index in [0.29, 0.717) is 23.0 Å². The van der Waals surface area contributed by atoms with Gasteiger partial charge in [0.25, 0.3) is 0 Å². The average molecular weight is 408 g/mol. The Hall–Kier alpha value is -3.55. The zero-order valence-electron chi connectivity index (χ0n) is 16.0. The molecule has 0 amide bonds. The smallest absolute Gasteiger partial charge is 0.226 e. The number of aromatic nitrogens is 3. The number of Topliss-reactive ketones (excluding diaryl/α,β-unsaturated/α-hetero) is 1. The van der Waals surface area contributed by atoms with Crippen molar-refractivity contribution in [2.45, 2.75) is 18.4 Å². The number of halogens is 2. The van der Waals surface area contributed by atoms with Crippen molar-refractivity contribution in [3.63, 3.8) is 0 Å². The summed E-state index contributed by atoms with van der Waals surface area (Å²) in [6.07, 6.45) is 3.57. The summed E-state index contributed by atoms with van der Waals surface area (Å²) in [7, 11) is 1.59. The summed E-state index contributed by atoms with van der Waals surface area (Å²) in [5, 5.41) is 7.38. The molecule has 0 bridgehead atoms. The lowest BCUT2D eigenvalue weighted by Crippen LogP contribution is -2.40. The number of hydrogen-bond donors (Lipinski definition) is 1. The Balaban J connectivity index is 1.63. The second-order valence-corrected chi connectivity index (χ2v) is 7.42. The monoisotopic (exact) mass is 408 g/mol. The molecule has 30 heavy (non-hydrogen) atoms. The fourth-order valence-corrected chi connectivity index (χ4v) is 4.43. The predicted octanol–water partition coefficient (Wildman–Crippen LogP) is 3.84. The van der Waals surface area contributed by atoms with Gasteiger partial charge in [-0.15, -0.1) is 0 Å². The maximum absolute atomic E-state index is 14.0. The van der Waals surface area contributed by atoms with Gasteiger partial charge in [-0.05, 0) is 23.8 Å². The summed E-state index contributed by atoms with van der Waals surface area (Å²) >= 11 is 0. The molecule has 5 rings (SSSR count). The van der Waals surface area contributed by atoms with Crippen LogP contribution >= 0.6 is 0 Å². The predicted molar refractivity (Wildman–Crippen MR) is 105 cm³/mol. The van der Waals surface area contributed by atoms with Crippen LogP contribution in [0.5, 0.6) is 5.75 Å². The number of para-hydroxylation sites is 1. The summed E-state index contributed by atoms with van der Waals surface area (Å²) in [6.45, 7) is 0. The van der Waals surface area contributed by atoms with E-state index in [1.165, 1.54) is 23.1 Å². The highest BCUT2D eigenvalue weighted by molar-refractivity contribution is 5.89. The van der Waals surface area contributed by atoms with E-state index in [9.17, 15) is 13.6 Å². The fourth-order valence-electron chi connectivity index (χ4n) is 4.43. The van der Waals surface area contributed by atoms with E-state index in [0.717, 1.165) is 11.6 Å². The van der Waals surface area contributed by atoms with E-state index in [-0.39, 0.29) is 18.1 Å². The Labute approximate surface area is 171 Å². The zero-order valence-corrected chi connectivity index (χ0v) is 16.0. The minimum Gasteiger partial charge on any atom is -0.496 e. The lowest BCUT2D eigenvalue weighted by Gasteiger charge is -2.38. The number of methoxy groups -OCH3 is 1. The Bertz CT molecular complexity index is 1150. The van der Waals surface area contributed by atoms with Crippen molar-refractivity contribution in [2.75, 3.05) is 12.4 Å². The van der Waals surface area contributed by atoms with Gasteiger partial charge in [-0.3, -0.25) is 4.79 Å². The normalized spacial score (nSPS) is 22.6. The molecule has 1 aromatic heterocycles. The third-order valence-corrected chi connectivity index (χ3v) is 5.66. The molecule has 0 fully saturated rings. The molecular weight excluding hydrogens is 390 g/mol. The second-order valence-electron chi connectivity index (χ2n) is 7.42. The third-order valence-electron chi connectivity index (χ3n) is 5.66. The van der Waals surface area contributed by atoms with Crippen LogP contribution in [0.1, 0.15) is 29.5 Å². The van der Waals surface area contributed by atoms with Crippen molar-refractivity contribution in [3.8, 4) is 5.75 Å². The van der Waals surface area contributed by atoms with Crippen molar-refractivity contribution in [1.82, 2.24) is 14.8 Å². The van der Waals surface area contributed by atoms with Gasteiger partial charge in [-0.25, -0.2) is 13.5 Å². The quantitative estimate of drug-likeness (QED) is 0.713. The highest BCUT2D eigenvalue weighted by atomic mass is 19.1. The van der Waals surface area contributed by atoms with Crippen LogP contribution in [0.25, 0.3) is 0 Å². The number of hydrogen-bond acceptors (Lipinski definition) is 5.